The van der Waals surface area contributed by atoms with Crippen LogP contribution in [0, 0.1) is 12.3 Å². The predicted octanol–water partition coefficient (Wildman–Crippen LogP) is 2.11. The molecule has 0 aliphatic carbocycles. The van der Waals surface area contributed by atoms with Crippen LogP contribution in [0.25, 0.3) is 0 Å². The number of terminal acetylenes is 1. The second-order valence-corrected chi connectivity index (χ2v) is 3.12. The minimum atomic E-state index is 0.321. The van der Waals surface area contributed by atoms with E-state index < -0.39 is 0 Å². The normalized spacial score (nSPS) is 9.62. The summed E-state index contributed by atoms with van der Waals surface area (Å²) in [4.78, 5) is 3.83. The van der Waals surface area contributed by atoms with Crippen LogP contribution in [0.5, 0.6) is 0 Å². The molecule has 4 heteroatoms. The molecule has 2 nitrogen and oxygen atoms in total. The van der Waals surface area contributed by atoms with Crippen LogP contribution in [0.2, 0.25) is 10.2 Å². The summed E-state index contributed by atoms with van der Waals surface area (Å²) < 4.78 is 0. The van der Waals surface area contributed by atoms with Crippen molar-refractivity contribution in [2.24, 2.45) is 0 Å². The molecule has 13 heavy (non-hydrogen) atoms. The van der Waals surface area contributed by atoms with Crippen LogP contribution in [0.15, 0.2) is 12.3 Å². The summed E-state index contributed by atoms with van der Waals surface area (Å²) in [7, 11) is 0. The van der Waals surface area contributed by atoms with Crippen LogP contribution in [-0.4, -0.2) is 11.5 Å². The lowest BCUT2D eigenvalue weighted by atomic mass is 10.2. The highest BCUT2D eigenvalue weighted by molar-refractivity contribution is 6.41. The lowest BCUT2D eigenvalue weighted by Gasteiger charge is -2.04. The maximum absolute atomic E-state index is 5.89. The molecule has 1 aromatic rings. The van der Waals surface area contributed by atoms with Crippen molar-refractivity contribution in [1.29, 1.82) is 0 Å². The van der Waals surface area contributed by atoms with E-state index in [0.29, 0.717) is 23.3 Å². The van der Waals surface area contributed by atoms with E-state index in [4.69, 9.17) is 29.6 Å². The van der Waals surface area contributed by atoms with Crippen LogP contribution in [0.4, 0.5) is 0 Å². The van der Waals surface area contributed by atoms with Gasteiger partial charge in [0.2, 0.25) is 0 Å². The Balaban J connectivity index is 2.67. The standard InChI is InChI=1S/C9H8Cl2N2/c1-2-4-12-6-7-3-5-13-9(11)8(7)10/h1,3,5,12H,4,6H2. The first-order valence-electron chi connectivity index (χ1n) is 3.68. The van der Waals surface area contributed by atoms with E-state index in [1.807, 2.05) is 0 Å². The van der Waals surface area contributed by atoms with Gasteiger partial charge in [-0.05, 0) is 11.6 Å². The van der Waals surface area contributed by atoms with Gasteiger partial charge in [-0.25, -0.2) is 4.98 Å². The minimum Gasteiger partial charge on any atom is -0.302 e. The van der Waals surface area contributed by atoms with Gasteiger partial charge in [0.05, 0.1) is 11.6 Å². The van der Waals surface area contributed by atoms with E-state index >= 15 is 0 Å². The van der Waals surface area contributed by atoms with Crippen molar-refractivity contribution in [3.63, 3.8) is 0 Å². The van der Waals surface area contributed by atoms with E-state index in [9.17, 15) is 0 Å². The fourth-order valence-electron chi connectivity index (χ4n) is 0.861. The lowest BCUT2D eigenvalue weighted by Crippen LogP contribution is -2.13. The lowest BCUT2D eigenvalue weighted by molar-refractivity contribution is 0.769. The van der Waals surface area contributed by atoms with Gasteiger partial charge < -0.3 is 5.32 Å². The maximum atomic E-state index is 5.89. The van der Waals surface area contributed by atoms with Crippen molar-refractivity contribution in [3.8, 4) is 12.3 Å². The van der Waals surface area contributed by atoms with Gasteiger partial charge in [0.1, 0.15) is 5.15 Å². The van der Waals surface area contributed by atoms with Crippen LogP contribution in [-0.2, 0) is 6.54 Å². The SMILES string of the molecule is C#CCNCc1ccnc(Cl)c1Cl. The minimum absolute atomic E-state index is 0.321. The Bertz CT molecular complexity index is 331. The fourth-order valence-corrected chi connectivity index (χ4v) is 1.22. The Labute approximate surface area is 87.3 Å². The average Bonchev–Trinajstić information content (AvgIpc) is 2.13. The van der Waals surface area contributed by atoms with Crippen molar-refractivity contribution in [2.45, 2.75) is 6.54 Å². The quantitative estimate of drug-likeness (QED) is 0.474. The molecule has 68 valence electrons. The second-order valence-electron chi connectivity index (χ2n) is 2.38. The van der Waals surface area contributed by atoms with Gasteiger partial charge in [0, 0.05) is 12.7 Å². The molecule has 0 aliphatic heterocycles. The van der Waals surface area contributed by atoms with Crippen LogP contribution in [0.1, 0.15) is 5.56 Å². The van der Waals surface area contributed by atoms with Gasteiger partial charge in [-0.3, -0.25) is 0 Å². The molecule has 0 amide bonds. The van der Waals surface area contributed by atoms with E-state index in [1.54, 1.807) is 12.3 Å². The van der Waals surface area contributed by atoms with Crippen LogP contribution >= 0.6 is 23.2 Å². The van der Waals surface area contributed by atoms with Crippen molar-refractivity contribution < 1.29 is 0 Å². The molecule has 0 fully saturated rings. The number of nitrogens with one attached hydrogen (secondary N) is 1. The molecule has 0 saturated heterocycles. The van der Waals surface area contributed by atoms with E-state index in [-0.39, 0.29) is 0 Å². The van der Waals surface area contributed by atoms with Gasteiger partial charge in [-0.15, -0.1) is 6.42 Å². The molecule has 0 spiro atoms. The molecule has 0 aliphatic rings. The first-order chi connectivity index (χ1) is 6.25. The summed E-state index contributed by atoms with van der Waals surface area (Å²) in [5.74, 6) is 2.47. The van der Waals surface area contributed by atoms with E-state index in [1.165, 1.54) is 0 Å². The highest BCUT2D eigenvalue weighted by Crippen LogP contribution is 2.22. The fraction of sp³-hybridized carbons (Fsp3) is 0.222. The first kappa shape index (κ1) is 10.3. The number of aromatic nitrogens is 1. The highest BCUT2D eigenvalue weighted by Gasteiger charge is 2.03. The van der Waals surface area contributed by atoms with Crippen LogP contribution < -0.4 is 5.32 Å². The monoisotopic (exact) mass is 214 g/mol. The number of rotatable bonds is 3. The highest BCUT2D eigenvalue weighted by atomic mass is 35.5. The Morgan fingerprint density at radius 3 is 3.00 bits per heavy atom. The zero-order valence-corrected chi connectivity index (χ0v) is 8.36. The van der Waals surface area contributed by atoms with Gasteiger partial charge in [-0.1, -0.05) is 29.1 Å². The molecule has 0 aromatic carbocycles. The molecule has 1 heterocycles. The molecule has 0 unspecified atom stereocenters. The number of pyridine rings is 1. The zero-order chi connectivity index (χ0) is 9.68. The molecule has 0 atom stereocenters. The Morgan fingerprint density at radius 1 is 1.54 bits per heavy atom. The molecule has 1 rings (SSSR count). The van der Waals surface area contributed by atoms with Gasteiger partial charge >= 0.3 is 0 Å². The Hall–Kier alpha value is -0.750. The molecular weight excluding hydrogens is 207 g/mol. The van der Waals surface area contributed by atoms with E-state index in [2.05, 4.69) is 16.2 Å². The summed E-state index contributed by atoms with van der Waals surface area (Å²) in [5.41, 5.74) is 0.900. The summed E-state index contributed by atoms with van der Waals surface area (Å²) >= 11 is 11.6. The summed E-state index contributed by atoms with van der Waals surface area (Å²) in [6.45, 7) is 1.11. The third-order valence-electron chi connectivity index (χ3n) is 1.47. The number of nitrogens with zero attached hydrogens (tertiary/aromatic N) is 1. The predicted molar refractivity (Wildman–Crippen MR) is 54.8 cm³/mol. The largest absolute Gasteiger partial charge is 0.302 e. The van der Waals surface area contributed by atoms with Crippen molar-refractivity contribution in [2.75, 3.05) is 6.54 Å². The molecule has 0 saturated carbocycles. The van der Waals surface area contributed by atoms with Gasteiger partial charge in [0.15, 0.2) is 0 Å². The molecule has 0 bridgehead atoms. The molecule has 0 radical (unpaired) electrons. The summed E-state index contributed by atoms with van der Waals surface area (Å²) in [5, 5.41) is 3.81. The topological polar surface area (TPSA) is 24.9 Å². The summed E-state index contributed by atoms with van der Waals surface area (Å²) in [6, 6.07) is 1.80. The second kappa shape index (κ2) is 5.08. The Morgan fingerprint density at radius 2 is 2.31 bits per heavy atom. The third-order valence-corrected chi connectivity index (χ3v) is 2.27. The van der Waals surface area contributed by atoms with Crippen molar-refractivity contribution >= 4 is 23.2 Å². The van der Waals surface area contributed by atoms with Gasteiger partial charge in [-0.2, -0.15) is 0 Å². The number of hydrogen-bond donors (Lipinski definition) is 1. The van der Waals surface area contributed by atoms with Crippen LogP contribution in [0.3, 0.4) is 0 Å². The molecular formula is C9H8Cl2N2. The Kier molecular flexibility index (Phi) is 4.04. The van der Waals surface area contributed by atoms with E-state index in [0.717, 1.165) is 5.56 Å². The average molecular weight is 215 g/mol. The molecule has 1 N–H and O–H groups in total. The number of halogens is 2. The zero-order valence-electron chi connectivity index (χ0n) is 6.85. The maximum Gasteiger partial charge on any atom is 0.147 e. The smallest absolute Gasteiger partial charge is 0.147 e. The van der Waals surface area contributed by atoms with Crippen molar-refractivity contribution in [1.82, 2.24) is 10.3 Å². The number of hydrogen-bond acceptors (Lipinski definition) is 2. The summed E-state index contributed by atoms with van der Waals surface area (Å²) in [6.07, 6.45) is 6.69. The van der Waals surface area contributed by atoms with Crippen molar-refractivity contribution in [3.05, 3.63) is 28.0 Å². The first-order valence-corrected chi connectivity index (χ1v) is 4.44. The molecule has 1 aromatic heterocycles. The third kappa shape index (κ3) is 2.89. The van der Waals surface area contributed by atoms with Gasteiger partial charge in [0.25, 0.3) is 0 Å².